The van der Waals surface area contributed by atoms with Gasteiger partial charge in [-0.3, -0.25) is 4.79 Å². The SMILES string of the molecule is CC(C)(C)CNCCC(=O)CC(C)(C)C. The molecule has 0 rings (SSSR count). The fourth-order valence-electron chi connectivity index (χ4n) is 1.37. The highest BCUT2D eigenvalue weighted by molar-refractivity contribution is 5.79. The van der Waals surface area contributed by atoms with E-state index in [9.17, 15) is 4.79 Å². The van der Waals surface area contributed by atoms with E-state index in [1.54, 1.807) is 0 Å². The van der Waals surface area contributed by atoms with Gasteiger partial charge in [-0.05, 0) is 10.8 Å². The van der Waals surface area contributed by atoms with Crippen LogP contribution >= 0.6 is 0 Å². The molecule has 0 amide bonds. The van der Waals surface area contributed by atoms with Crippen molar-refractivity contribution in [3.05, 3.63) is 0 Å². The van der Waals surface area contributed by atoms with E-state index in [1.807, 2.05) is 0 Å². The third-order valence-electron chi connectivity index (χ3n) is 1.96. The van der Waals surface area contributed by atoms with Gasteiger partial charge in [0.2, 0.25) is 0 Å². The van der Waals surface area contributed by atoms with Crippen LogP contribution in [0.5, 0.6) is 0 Å². The summed E-state index contributed by atoms with van der Waals surface area (Å²) in [6, 6.07) is 0. The molecule has 0 aromatic carbocycles. The molecule has 0 unspecified atom stereocenters. The molecule has 2 nitrogen and oxygen atoms in total. The lowest BCUT2D eigenvalue weighted by Gasteiger charge is -2.19. The van der Waals surface area contributed by atoms with Crippen LogP contribution in [0.15, 0.2) is 0 Å². The predicted molar refractivity (Wildman–Crippen MR) is 66.0 cm³/mol. The second-order valence-electron chi connectivity index (χ2n) is 6.76. The summed E-state index contributed by atoms with van der Waals surface area (Å²) in [7, 11) is 0. The maximum absolute atomic E-state index is 11.5. The van der Waals surface area contributed by atoms with Gasteiger partial charge < -0.3 is 5.32 Å². The molecule has 0 fully saturated rings. The quantitative estimate of drug-likeness (QED) is 0.711. The van der Waals surface area contributed by atoms with E-state index in [0.29, 0.717) is 24.0 Å². The molecule has 0 aromatic heterocycles. The second-order valence-corrected chi connectivity index (χ2v) is 6.76. The smallest absolute Gasteiger partial charge is 0.134 e. The summed E-state index contributed by atoms with van der Waals surface area (Å²) in [6.45, 7) is 14.7. The molecule has 0 radical (unpaired) electrons. The lowest BCUT2D eigenvalue weighted by atomic mass is 9.89. The highest BCUT2D eigenvalue weighted by atomic mass is 16.1. The first-order chi connectivity index (χ1) is 6.60. The van der Waals surface area contributed by atoms with Crippen molar-refractivity contribution in [1.29, 1.82) is 0 Å². The van der Waals surface area contributed by atoms with Crippen LogP contribution < -0.4 is 5.32 Å². The Bertz CT molecular complexity index is 196. The molecule has 1 N–H and O–H groups in total. The summed E-state index contributed by atoms with van der Waals surface area (Å²) in [5.74, 6) is 0.365. The fourth-order valence-corrected chi connectivity index (χ4v) is 1.37. The van der Waals surface area contributed by atoms with Gasteiger partial charge in [0.15, 0.2) is 0 Å². The normalized spacial score (nSPS) is 12.9. The van der Waals surface area contributed by atoms with E-state index in [-0.39, 0.29) is 5.41 Å². The summed E-state index contributed by atoms with van der Waals surface area (Å²) in [4.78, 5) is 11.5. The number of Topliss-reactive ketones (excluding diaryl/α,β-unsaturated/α-hetero) is 1. The maximum atomic E-state index is 11.5. The molecule has 0 spiro atoms. The highest BCUT2D eigenvalue weighted by Crippen LogP contribution is 2.19. The van der Waals surface area contributed by atoms with E-state index in [1.165, 1.54) is 0 Å². The lowest BCUT2D eigenvalue weighted by Crippen LogP contribution is -2.29. The molecule has 0 bridgehead atoms. The number of rotatable bonds is 5. The molecular weight excluding hydrogens is 186 g/mol. The summed E-state index contributed by atoms with van der Waals surface area (Å²) >= 11 is 0. The molecular formula is C13H27NO. The summed E-state index contributed by atoms with van der Waals surface area (Å²) in [6.07, 6.45) is 1.34. The first-order valence-corrected chi connectivity index (χ1v) is 5.83. The van der Waals surface area contributed by atoms with Crippen LogP contribution in [0.4, 0.5) is 0 Å². The minimum Gasteiger partial charge on any atom is -0.316 e. The van der Waals surface area contributed by atoms with Crippen LogP contribution in [-0.2, 0) is 4.79 Å². The Kier molecular flexibility index (Phi) is 5.50. The Balaban J connectivity index is 3.57. The average Bonchev–Trinajstić information content (AvgIpc) is 1.92. The summed E-state index contributed by atoms with van der Waals surface area (Å²) in [5, 5.41) is 3.32. The number of hydrogen-bond donors (Lipinski definition) is 1. The van der Waals surface area contributed by atoms with Gasteiger partial charge in [0.05, 0.1) is 0 Å². The van der Waals surface area contributed by atoms with Gasteiger partial charge in [-0.1, -0.05) is 41.5 Å². The first-order valence-electron chi connectivity index (χ1n) is 5.83. The number of carbonyl (C=O) groups excluding carboxylic acids is 1. The molecule has 0 atom stereocenters. The zero-order valence-corrected chi connectivity index (χ0v) is 11.2. The summed E-state index contributed by atoms with van der Waals surface area (Å²) < 4.78 is 0. The monoisotopic (exact) mass is 213 g/mol. The number of hydrogen-bond acceptors (Lipinski definition) is 2. The Morgan fingerprint density at radius 3 is 1.93 bits per heavy atom. The predicted octanol–water partition coefficient (Wildman–Crippen LogP) is 3.02. The minimum atomic E-state index is 0.126. The molecule has 0 aromatic rings. The highest BCUT2D eigenvalue weighted by Gasteiger charge is 2.15. The van der Waals surface area contributed by atoms with Crippen molar-refractivity contribution in [2.75, 3.05) is 13.1 Å². The average molecular weight is 213 g/mol. The minimum absolute atomic E-state index is 0.126. The third kappa shape index (κ3) is 11.6. The van der Waals surface area contributed by atoms with Crippen LogP contribution in [0.3, 0.4) is 0 Å². The molecule has 0 saturated carbocycles. The van der Waals surface area contributed by atoms with E-state index >= 15 is 0 Å². The number of carbonyl (C=O) groups is 1. The van der Waals surface area contributed by atoms with Crippen molar-refractivity contribution < 1.29 is 4.79 Å². The van der Waals surface area contributed by atoms with Gasteiger partial charge >= 0.3 is 0 Å². The number of ketones is 1. The Hall–Kier alpha value is -0.370. The van der Waals surface area contributed by atoms with Crippen molar-refractivity contribution in [3.8, 4) is 0 Å². The zero-order chi connectivity index (χ0) is 12.1. The Morgan fingerprint density at radius 1 is 1.00 bits per heavy atom. The lowest BCUT2D eigenvalue weighted by molar-refractivity contribution is -0.120. The summed E-state index contributed by atoms with van der Waals surface area (Å²) in [5.41, 5.74) is 0.425. The molecule has 15 heavy (non-hydrogen) atoms. The maximum Gasteiger partial charge on any atom is 0.134 e. The standard InChI is InChI=1S/C13H27NO/c1-12(2,3)9-11(15)7-8-14-10-13(4,5)6/h14H,7-10H2,1-6H3. The van der Waals surface area contributed by atoms with Crippen molar-refractivity contribution in [1.82, 2.24) is 5.32 Å². The van der Waals surface area contributed by atoms with Crippen LogP contribution in [0.2, 0.25) is 0 Å². The van der Waals surface area contributed by atoms with E-state index < -0.39 is 0 Å². The molecule has 2 heteroatoms. The van der Waals surface area contributed by atoms with Crippen LogP contribution in [0, 0.1) is 10.8 Å². The number of nitrogens with one attached hydrogen (secondary N) is 1. The van der Waals surface area contributed by atoms with Gasteiger partial charge in [-0.15, -0.1) is 0 Å². The second kappa shape index (κ2) is 5.64. The Morgan fingerprint density at radius 2 is 1.53 bits per heavy atom. The van der Waals surface area contributed by atoms with Gasteiger partial charge in [0.1, 0.15) is 5.78 Å². The van der Waals surface area contributed by atoms with Crippen molar-refractivity contribution in [3.63, 3.8) is 0 Å². The molecule has 0 aliphatic carbocycles. The van der Waals surface area contributed by atoms with Crippen molar-refractivity contribution in [2.45, 2.75) is 54.4 Å². The van der Waals surface area contributed by atoms with Crippen molar-refractivity contribution in [2.24, 2.45) is 10.8 Å². The molecule has 0 aliphatic heterocycles. The van der Waals surface area contributed by atoms with Gasteiger partial charge in [-0.2, -0.15) is 0 Å². The van der Waals surface area contributed by atoms with Gasteiger partial charge in [-0.25, -0.2) is 0 Å². The first kappa shape index (κ1) is 14.6. The molecule has 0 heterocycles. The molecule has 90 valence electrons. The van der Waals surface area contributed by atoms with E-state index in [0.717, 1.165) is 13.1 Å². The topological polar surface area (TPSA) is 29.1 Å². The fraction of sp³-hybridized carbons (Fsp3) is 0.923. The van der Waals surface area contributed by atoms with Gasteiger partial charge in [0, 0.05) is 25.9 Å². The zero-order valence-electron chi connectivity index (χ0n) is 11.2. The molecule has 0 saturated heterocycles. The Labute approximate surface area is 94.8 Å². The van der Waals surface area contributed by atoms with Crippen LogP contribution in [0.25, 0.3) is 0 Å². The van der Waals surface area contributed by atoms with E-state index in [2.05, 4.69) is 46.9 Å². The molecule has 0 aliphatic rings. The van der Waals surface area contributed by atoms with Crippen LogP contribution in [-0.4, -0.2) is 18.9 Å². The van der Waals surface area contributed by atoms with Crippen LogP contribution in [0.1, 0.15) is 54.4 Å². The van der Waals surface area contributed by atoms with Crippen molar-refractivity contribution >= 4 is 5.78 Å². The van der Waals surface area contributed by atoms with E-state index in [4.69, 9.17) is 0 Å². The largest absolute Gasteiger partial charge is 0.316 e. The van der Waals surface area contributed by atoms with Gasteiger partial charge in [0.25, 0.3) is 0 Å². The third-order valence-corrected chi connectivity index (χ3v) is 1.96.